The van der Waals surface area contributed by atoms with Gasteiger partial charge in [-0.3, -0.25) is 0 Å². The van der Waals surface area contributed by atoms with E-state index in [0.29, 0.717) is 12.5 Å². The maximum absolute atomic E-state index is 6.17. The van der Waals surface area contributed by atoms with Crippen molar-refractivity contribution in [3.63, 3.8) is 0 Å². The van der Waals surface area contributed by atoms with E-state index in [0.717, 1.165) is 11.3 Å². The van der Waals surface area contributed by atoms with Crippen LogP contribution in [0.3, 0.4) is 0 Å². The summed E-state index contributed by atoms with van der Waals surface area (Å²) in [6.07, 6.45) is 0. The SMILES string of the molecule is COc1nnc(C)cc1CO[Si](C)(C)C(C)(C)C. The zero-order valence-electron chi connectivity index (χ0n) is 12.5. The lowest BCUT2D eigenvalue weighted by Crippen LogP contribution is -2.40. The van der Waals surface area contributed by atoms with Crippen LogP contribution in [0.25, 0.3) is 0 Å². The molecule has 1 aromatic heterocycles. The number of nitrogens with zero attached hydrogens (tertiary/aromatic N) is 2. The summed E-state index contributed by atoms with van der Waals surface area (Å²) in [5.74, 6) is 0.555. The van der Waals surface area contributed by atoms with E-state index in [2.05, 4.69) is 44.1 Å². The van der Waals surface area contributed by atoms with Crippen LogP contribution in [0.5, 0.6) is 5.88 Å². The third-order valence-corrected chi connectivity index (χ3v) is 8.02. The van der Waals surface area contributed by atoms with Gasteiger partial charge in [0.15, 0.2) is 8.32 Å². The number of ether oxygens (including phenoxy) is 1. The molecule has 0 spiro atoms. The van der Waals surface area contributed by atoms with Gasteiger partial charge in [-0.05, 0) is 31.1 Å². The molecule has 1 rings (SSSR count). The van der Waals surface area contributed by atoms with Crippen molar-refractivity contribution in [3.8, 4) is 5.88 Å². The fraction of sp³-hybridized carbons (Fsp3) is 0.692. The van der Waals surface area contributed by atoms with Crippen molar-refractivity contribution in [1.82, 2.24) is 10.2 Å². The molecule has 0 atom stereocenters. The van der Waals surface area contributed by atoms with Crippen LogP contribution in [-0.4, -0.2) is 25.6 Å². The lowest BCUT2D eigenvalue weighted by atomic mass is 10.2. The molecule has 0 unspecified atom stereocenters. The van der Waals surface area contributed by atoms with E-state index >= 15 is 0 Å². The molecule has 102 valence electrons. The van der Waals surface area contributed by atoms with Crippen molar-refractivity contribution >= 4 is 8.32 Å². The van der Waals surface area contributed by atoms with Gasteiger partial charge in [-0.25, -0.2) is 0 Å². The molecule has 0 N–H and O–H groups in total. The predicted octanol–water partition coefficient (Wildman–Crippen LogP) is 3.32. The van der Waals surface area contributed by atoms with Crippen LogP contribution in [0.4, 0.5) is 0 Å². The number of hydrogen-bond donors (Lipinski definition) is 0. The molecule has 0 amide bonds. The van der Waals surface area contributed by atoms with Crippen LogP contribution in [0, 0.1) is 6.92 Å². The number of aromatic nitrogens is 2. The van der Waals surface area contributed by atoms with Gasteiger partial charge in [0.05, 0.1) is 19.4 Å². The Kier molecular flexibility index (Phi) is 4.50. The summed E-state index contributed by atoms with van der Waals surface area (Å²) >= 11 is 0. The minimum atomic E-state index is -1.74. The molecule has 0 aliphatic carbocycles. The van der Waals surface area contributed by atoms with Gasteiger partial charge in [-0.2, -0.15) is 5.10 Å². The molecular formula is C13H24N2O2Si. The second-order valence-electron chi connectivity index (χ2n) is 6.07. The van der Waals surface area contributed by atoms with Crippen molar-refractivity contribution in [1.29, 1.82) is 0 Å². The molecule has 0 aromatic carbocycles. The standard InChI is InChI=1S/C13H24N2O2Si/c1-10-8-11(12(16-5)15-14-10)9-17-18(6,7)13(2,3)4/h8H,9H2,1-7H3. The minimum absolute atomic E-state index is 0.204. The molecule has 0 radical (unpaired) electrons. The Balaban J connectivity index is 2.83. The Bertz CT molecular complexity index is 414. The summed E-state index contributed by atoms with van der Waals surface area (Å²) in [6.45, 7) is 13.6. The molecule has 0 aliphatic rings. The third kappa shape index (κ3) is 3.52. The smallest absolute Gasteiger partial charge is 0.238 e. The highest BCUT2D eigenvalue weighted by molar-refractivity contribution is 6.74. The average molecular weight is 268 g/mol. The molecule has 0 saturated heterocycles. The van der Waals surface area contributed by atoms with Gasteiger partial charge in [0, 0.05) is 5.56 Å². The van der Waals surface area contributed by atoms with Crippen molar-refractivity contribution in [2.45, 2.75) is 52.4 Å². The molecule has 5 heteroatoms. The van der Waals surface area contributed by atoms with E-state index in [1.807, 2.05) is 13.0 Å². The zero-order valence-corrected chi connectivity index (χ0v) is 13.5. The fourth-order valence-corrected chi connectivity index (χ4v) is 2.23. The van der Waals surface area contributed by atoms with Crippen LogP contribution in [-0.2, 0) is 11.0 Å². The second-order valence-corrected chi connectivity index (χ2v) is 10.9. The molecule has 18 heavy (non-hydrogen) atoms. The lowest BCUT2D eigenvalue weighted by Gasteiger charge is -2.36. The minimum Gasteiger partial charge on any atom is -0.480 e. The summed E-state index contributed by atoms with van der Waals surface area (Å²) in [5, 5.41) is 8.21. The summed E-state index contributed by atoms with van der Waals surface area (Å²) in [5.41, 5.74) is 1.85. The molecule has 1 heterocycles. The van der Waals surface area contributed by atoms with E-state index in [1.165, 1.54) is 0 Å². The highest BCUT2D eigenvalue weighted by Crippen LogP contribution is 2.37. The Morgan fingerprint density at radius 3 is 2.33 bits per heavy atom. The molecule has 4 nitrogen and oxygen atoms in total. The summed E-state index contributed by atoms with van der Waals surface area (Å²) in [7, 11) is -0.138. The zero-order chi connectivity index (χ0) is 14.0. The molecule has 1 aromatic rings. The number of rotatable bonds is 4. The second kappa shape index (κ2) is 5.36. The van der Waals surface area contributed by atoms with Gasteiger partial charge in [0.1, 0.15) is 0 Å². The van der Waals surface area contributed by atoms with Crippen molar-refractivity contribution in [2.75, 3.05) is 7.11 Å². The lowest BCUT2D eigenvalue weighted by molar-refractivity contribution is 0.266. The monoisotopic (exact) mass is 268 g/mol. The largest absolute Gasteiger partial charge is 0.480 e. The molecule has 0 aliphatic heterocycles. The molecule has 0 bridgehead atoms. The van der Waals surface area contributed by atoms with E-state index in [-0.39, 0.29) is 5.04 Å². The van der Waals surface area contributed by atoms with E-state index < -0.39 is 8.32 Å². The van der Waals surface area contributed by atoms with Crippen LogP contribution in [0.1, 0.15) is 32.0 Å². The first-order valence-electron chi connectivity index (χ1n) is 6.18. The topological polar surface area (TPSA) is 44.2 Å². The van der Waals surface area contributed by atoms with Crippen LogP contribution >= 0.6 is 0 Å². The number of hydrogen-bond acceptors (Lipinski definition) is 4. The maximum Gasteiger partial charge on any atom is 0.238 e. The number of aryl methyl sites for hydroxylation is 1. The predicted molar refractivity (Wildman–Crippen MR) is 75.3 cm³/mol. The van der Waals surface area contributed by atoms with Gasteiger partial charge in [-0.1, -0.05) is 20.8 Å². The molecule has 0 fully saturated rings. The summed E-state index contributed by atoms with van der Waals surface area (Å²) < 4.78 is 11.4. The van der Waals surface area contributed by atoms with Gasteiger partial charge in [0.2, 0.25) is 5.88 Å². The first-order chi connectivity index (χ1) is 8.17. The highest BCUT2D eigenvalue weighted by atomic mass is 28.4. The Labute approximate surface area is 111 Å². The van der Waals surface area contributed by atoms with Gasteiger partial charge >= 0.3 is 0 Å². The third-order valence-electron chi connectivity index (χ3n) is 3.54. The highest BCUT2D eigenvalue weighted by Gasteiger charge is 2.37. The van der Waals surface area contributed by atoms with E-state index in [4.69, 9.17) is 9.16 Å². The number of methoxy groups -OCH3 is 1. The first kappa shape index (κ1) is 15.1. The Hall–Kier alpha value is -0.943. The fourth-order valence-electron chi connectivity index (χ4n) is 1.28. The average Bonchev–Trinajstić information content (AvgIpc) is 2.25. The van der Waals surface area contributed by atoms with Crippen LogP contribution in [0.15, 0.2) is 6.07 Å². The van der Waals surface area contributed by atoms with E-state index in [1.54, 1.807) is 7.11 Å². The van der Waals surface area contributed by atoms with Crippen LogP contribution < -0.4 is 4.74 Å². The quantitative estimate of drug-likeness (QED) is 0.786. The summed E-state index contributed by atoms with van der Waals surface area (Å²) in [4.78, 5) is 0. The molecular weight excluding hydrogens is 244 g/mol. The van der Waals surface area contributed by atoms with E-state index in [9.17, 15) is 0 Å². The van der Waals surface area contributed by atoms with Crippen molar-refractivity contribution in [3.05, 3.63) is 17.3 Å². The summed E-state index contributed by atoms with van der Waals surface area (Å²) in [6, 6.07) is 1.97. The Morgan fingerprint density at radius 2 is 1.83 bits per heavy atom. The first-order valence-corrected chi connectivity index (χ1v) is 9.09. The maximum atomic E-state index is 6.17. The normalized spacial score (nSPS) is 12.6. The van der Waals surface area contributed by atoms with Crippen LogP contribution in [0.2, 0.25) is 18.1 Å². The Morgan fingerprint density at radius 1 is 1.22 bits per heavy atom. The van der Waals surface area contributed by atoms with Gasteiger partial charge < -0.3 is 9.16 Å². The molecule has 0 saturated carbocycles. The van der Waals surface area contributed by atoms with Crippen molar-refractivity contribution < 1.29 is 9.16 Å². The van der Waals surface area contributed by atoms with Crippen molar-refractivity contribution in [2.24, 2.45) is 0 Å². The van der Waals surface area contributed by atoms with Gasteiger partial charge in [0.25, 0.3) is 0 Å². The van der Waals surface area contributed by atoms with Gasteiger partial charge in [-0.15, -0.1) is 5.10 Å².